The first-order chi connectivity index (χ1) is 12.2. The number of nitrogens with zero attached hydrogens (tertiary/aromatic N) is 2. The zero-order valence-electron chi connectivity index (χ0n) is 13.9. The Balaban J connectivity index is 1.37. The summed E-state index contributed by atoms with van der Waals surface area (Å²) < 4.78 is 0. The number of amides is 1. The van der Waals surface area contributed by atoms with Gasteiger partial charge in [-0.2, -0.15) is 0 Å². The van der Waals surface area contributed by atoms with Crippen LogP contribution in [-0.2, 0) is 24.3 Å². The highest BCUT2D eigenvalue weighted by molar-refractivity contribution is 5.77. The van der Waals surface area contributed by atoms with Crippen molar-refractivity contribution in [2.45, 2.75) is 32.4 Å². The summed E-state index contributed by atoms with van der Waals surface area (Å²) in [4.78, 5) is 33.7. The number of carbonyl (C=O) groups is 1. The molecule has 5 heteroatoms. The van der Waals surface area contributed by atoms with E-state index < -0.39 is 0 Å². The van der Waals surface area contributed by atoms with Gasteiger partial charge >= 0.3 is 0 Å². The van der Waals surface area contributed by atoms with Crippen molar-refractivity contribution in [1.82, 2.24) is 14.9 Å². The molecule has 0 fully saturated rings. The maximum absolute atomic E-state index is 12.4. The second-order valence-corrected chi connectivity index (χ2v) is 6.40. The van der Waals surface area contributed by atoms with E-state index in [9.17, 15) is 9.59 Å². The summed E-state index contributed by atoms with van der Waals surface area (Å²) in [5.74, 6) is 0.792. The maximum atomic E-state index is 12.4. The molecule has 126 valence electrons. The van der Waals surface area contributed by atoms with E-state index in [1.54, 1.807) is 6.07 Å². The molecule has 2 aromatic carbocycles. The summed E-state index contributed by atoms with van der Waals surface area (Å²) in [6.07, 6.45) is 1.73. The number of hydrogen-bond donors (Lipinski definition) is 1. The molecule has 0 spiro atoms. The predicted molar refractivity (Wildman–Crippen MR) is 96.0 cm³/mol. The summed E-state index contributed by atoms with van der Waals surface area (Å²) in [5, 5.41) is 0.595. The molecular weight excluding hydrogens is 314 g/mol. The maximum Gasteiger partial charge on any atom is 0.258 e. The van der Waals surface area contributed by atoms with Gasteiger partial charge in [0.15, 0.2) is 0 Å². The van der Waals surface area contributed by atoms with Crippen LogP contribution < -0.4 is 5.56 Å². The molecule has 1 aromatic heterocycles. The third-order valence-electron chi connectivity index (χ3n) is 4.66. The number of aryl methyl sites for hydroxylation is 1. The van der Waals surface area contributed by atoms with Gasteiger partial charge in [0.25, 0.3) is 5.56 Å². The molecule has 0 saturated carbocycles. The van der Waals surface area contributed by atoms with Gasteiger partial charge in [-0.1, -0.05) is 36.4 Å². The van der Waals surface area contributed by atoms with E-state index in [4.69, 9.17) is 0 Å². The third kappa shape index (κ3) is 3.18. The van der Waals surface area contributed by atoms with E-state index in [1.165, 1.54) is 11.1 Å². The van der Waals surface area contributed by atoms with Crippen LogP contribution in [0.1, 0.15) is 29.8 Å². The predicted octanol–water partition coefficient (Wildman–Crippen LogP) is 2.79. The van der Waals surface area contributed by atoms with E-state index in [1.807, 2.05) is 35.2 Å². The molecule has 0 unspecified atom stereocenters. The molecule has 0 bridgehead atoms. The normalized spacial score (nSPS) is 13.2. The quantitative estimate of drug-likeness (QED) is 0.798. The largest absolute Gasteiger partial charge is 0.334 e. The highest BCUT2D eigenvalue weighted by Crippen LogP contribution is 2.23. The Bertz CT molecular complexity index is 968. The van der Waals surface area contributed by atoms with Gasteiger partial charge in [0.1, 0.15) is 5.82 Å². The van der Waals surface area contributed by atoms with Crippen molar-refractivity contribution in [2.75, 3.05) is 0 Å². The van der Waals surface area contributed by atoms with Gasteiger partial charge in [0, 0.05) is 25.9 Å². The van der Waals surface area contributed by atoms with Gasteiger partial charge < -0.3 is 9.88 Å². The molecule has 2 heterocycles. The zero-order chi connectivity index (χ0) is 17.2. The standard InChI is InChI=1S/C20H19N3O2/c24-19(23-12-14-6-1-2-7-15(14)13-23)11-5-10-18-21-17-9-4-3-8-16(17)20(25)22-18/h1-4,6-9H,5,10-13H2,(H,21,22,25). The Morgan fingerprint density at radius 2 is 1.72 bits per heavy atom. The lowest BCUT2D eigenvalue weighted by Gasteiger charge is -2.15. The Hall–Kier alpha value is -2.95. The lowest BCUT2D eigenvalue weighted by molar-refractivity contribution is -0.131. The summed E-state index contributed by atoms with van der Waals surface area (Å²) >= 11 is 0. The van der Waals surface area contributed by atoms with Crippen LogP contribution in [0.2, 0.25) is 0 Å². The first-order valence-corrected chi connectivity index (χ1v) is 8.53. The number of benzene rings is 2. The monoisotopic (exact) mass is 333 g/mol. The molecule has 3 aromatic rings. The van der Waals surface area contributed by atoms with Crippen molar-refractivity contribution in [2.24, 2.45) is 0 Å². The van der Waals surface area contributed by atoms with Gasteiger partial charge in [-0.05, 0) is 29.7 Å². The average molecular weight is 333 g/mol. The molecule has 1 N–H and O–H groups in total. The van der Waals surface area contributed by atoms with Gasteiger partial charge in [-0.3, -0.25) is 9.59 Å². The first-order valence-electron chi connectivity index (χ1n) is 8.53. The van der Waals surface area contributed by atoms with E-state index >= 15 is 0 Å². The molecule has 0 saturated heterocycles. The fourth-order valence-electron chi connectivity index (χ4n) is 3.33. The van der Waals surface area contributed by atoms with Crippen LogP contribution in [0.25, 0.3) is 10.9 Å². The smallest absolute Gasteiger partial charge is 0.258 e. The van der Waals surface area contributed by atoms with Crippen molar-refractivity contribution in [1.29, 1.82) is 0 Å². The van der Waals surface area contributed by atoms with Crippen LogP contribution >= 0.6 is 0 Å². The average Bonchev–Trinajstić information content (AvgIpc) is 3.06. The number of hydrogen-bond acceptors (Lipinski definition) is 3. The number of aromatic amines is 1. The topological polar surface area (TPSA) is 66.1 Å². The second-order valence-electron chi connectivity index (χ2n) is 6.40. The van der Waals surface area contributed by atoms with Gasteiger partial charge in [-0.25, -0.2) is 4.98 Å². The molecule has 5 nitrogen and oxygen atoms in total. The molecule has 0 aliphatic carbocycles. The van der Waals surface area contributed by atoms with Crippen LogP contribution in [0, 0.1) is 0 Å². The van der Waals surface area contributed by atoms with Crippen molar-refractivity contribution in [3.63, 3.8) is 0 Å². The molecule has 1 aliphatic rings. The van der Waals surface area contributed by atoms with Crippen LogP contribution in [0.3, 0.4) is 0 Å². The highest BCUT2D eigenvalue weighted by atomic mass is 16.2. The van der Waals surface area contributed by atoms with Crippen molar-refractivity contribution in [3.8, 4) is 0 Å². The highest BCUT2D eigenvalue weighted by Gasteiger charge is 2.22. The Morgan fingerprint density at radius 3 is 2.48 bits per heavy atom. The van der Waals surface area contributed by atoms with E-state index in [2.05, 4.69) is 22.1 Å². The van der Waals surface area contributed by atoms with Crippen LogP contribution in [0.15, 0.2) is 53.3 Å². The Kier molecular flexibility index (Phi) is 4.06. The molecule has 0 radical (unpaired) electrons. The fraction of sp³-hybridized carbons (Fsp3) is 0.250. The van der Waals surface area contributed by atoms with E-state index in [0.717, 1.165) is 0 Å². The van der Waals surface area contributed by atoms with Gasteiger partial charge in [0.2, 0.25) is 5.91 Å². The third-order valence-corrected chi connectivity index (χ3v) is 4.66. The lowest BCUT2D eigenvalue weighted by Crippen LogP contribution is -2.25. The number of fused-ring (bicyclic) bond motifs is 2. The molecular formula is C20H19N3O2. The zero-order valence-corrected chi connectivity index (χ0v) is 13.9. The van der Waals surface area contributed by atoms with Crippen molar-refractivity contribution < 1.29 is 4.79 Å². The number of aromatic nitrogens is 2. The summed E-state index contributed by atoms with van der Waals surface area (Å²) in [7, 11) is 0. The minimum atomic E-state index is -0.123. The van der Waals surface area contributed by atoms with Crippen LogP contribution in [-0.4, -0.2) is 20.8 Å². The number of carbonyl (C=O) groups excluding carboxylic acids is 1. The van der Waals surface area contributed by atoms with Crippen molar-refractivity contribution >= 4 is 16.8 Å². The number of para-hydroxylation sites is 1. The Morgan fingerprint density at radius 1 is 1.04 bits per heavy atom. The number of H-pyrrole nitrogens is 1. The molecule has 25 heavy (non-hydrogen) atoms. The van der Waals surface area contributed by atoms with E-state index in [-0.39, 0.29) is 11.5 Å². The molecule has 1 amide bonds. The van der Waals surface area contributed by atoms with E-state index in [0.29, 0.717) is 49.1 Å². The molecule has 0 atom stereocenters. The SMILES string of the molecule is O=C(CCCc1nc2ccccc2c(=O)[nH]1)N1Cc2ccccc2C1. The fourth-order valence-corrected chi connectivity index (χ4v) is 3.33. The van der Waals surface area contributed by atoms with Gasteiger partial charge in [-0.15, -0.1) is 0 Å². The van der Waals surface area contributed by atoms with Crippen LogP contribution in [0.5, 0.6) is 0 Å². The summed E-state index contributed by atoms with van der Waals surface area (Å²) in [6.45, 7) is 1.39. The van der Waals surface area contributed by atoms with Crippen molar-refractivity contribution in [3.05, 3.63) is 75.8 Å². The minimum Gasteiger partial charge on any atom is -0.334 e. The molecule has 4 rings (SSSR count). The van der Waals surface area contributed by atoms with Crippen LogP contribution in [0.4, 0.5) is 0 Å². The van der Waals surface area contributed by atoms with Gasteiger partial charge in [0.05, 0.1) is 10.9 Å². The number of nitrogens with one attached hydrogen (secondary N) is 1. The number of rotatable bonds is 4. The minimum absolute atomic E-state index is 0.123. The lowest BCUT2D eigenvalue weighted by atomic mass is 10.1. The molecule has 1 aliphatic heterocycles. The first kappa shape index (κ1) is 15.6. The summed E-state index contributed by atoms with van der Waals surface area (Å²) in [6, 6.07) is 15.5. The second kappa shape index (κ2) is 6.51. The Labute approximate surface area is 145 Å². The summed E-state index contributed by atoms with van der Waals surface area (Å²) in [5.41, 5.74) is 3.04.